The third-order valence-corrected chi connectivity index (χ3v) is 5.83. The zero-order chi connectivity index (χ0) is 18.7. The van der Waals surface area contributed by atoms with Crippen LogP contribution < -0.4 is 9.80 Å². The van der Waals surface area contributed by atoms with Gasteiger partial charge < -0.3 is 9.80 Å². The van der Waals surface area contributed by atoms with Crippen molar-refractivity contribution in [2.45, 2.75) is 52.4 Å². The molecule has 1 fully saturated rings. The molecule has 3 rings (SSSR count). The van der Waals surface area contributed by atoms with Gasteiger partial charge in [0.1, 0.15) is 0 Å². The highest BCUT2D eigenvalue weighted by atomic mass is 79.9. The summed E-state index contributed by atoms with van der Waals surface area (Å²) < 4.78 is 0. The molecule has 1 N–H and O–H groups in total. The Labute approximate surface area is 174 Å². The first-order valence-corrected chi connectivity index (χ1v) is 9.88. The summed E-state index contributed by atoms with van der Waals surface area (Å²) in [5.74, 6) is 1.74. The fourth-order valence-corrected chi connectivity index (χ4v) is 3.50. The largest absolute Gasteiger partial charge is 0.311 e. The van der Waals surface area contributed by atoms with Crippen LogP contribution in [0.25, 0.3) is 0 Å². The van der Waals surface area contributed by atoms with Crippen LogP contribution in [0.4, 0.5) is 11.4 Å². The topological polar surface area (TPSA) is 30.3 Å². The summed E-state index contributed by atoms with van der Waals surface area (Å²) in [5, 5.41) is 8.64. The number of nitrogens with one attached hydrogen (secondary N) is 1. The predicted molar refractivity (Wildman–Crippen MR) is 123 cm³/mol. The smallest absolute Gasteiger partial charge is 0.202 e. The van der Waals surface area contributed by atoms with Crippen molar-refractivity contribution in [3.63, 3.8) is 0 Å². The Balaban J connectivity index is 0.00000261. The number of rotatable bonds is 6. The summed E-state index contributed by atoms with van der Waals surface area (Å²) in [6.45, 7) is 10.7. The third-order valence-electron chi connectivity index (χ3n) is 5.83. The molecule has 2 atom stereocenters. The monoisotopic (exact) mass is 429 g/mol. The Morgan fingerprint density at radius 2 is 1.07 bits per heavy atom. The van der Waals surface area contributed by atoms with Gasteiger partial charge in [0.05, 0.1) is 0 Å². The molecule has 0 spiro atoms. The standard InChI is InChI=1S/C23H31N3.BrH/c1-5-17(3)19-7-11-21(12-8-19)25-15-16-26(23(25)24)22-13-9-20(10-14-22)18(4)6-2;/h7-14,17-18,24H,5-6,15-16H2,1-4H3;1H. The van der Waals surface area contributed by atoms with E-state index in [2.05, 4.69) is 86.0 Å². The van der Waals surface area contributed by atoms with Crippen molar-refractivity contribution in [2.24, 2.45) is 0 Å². The third kappa shape index (κ3) is 4.55. The molecule has 146 valence electrons. The highest BCUT2D eigenvalue weighted by Gasteiger charge is 2.27. The Morgan fingerprint density at radius 3 is 1.37 bits per heavy atom. The molecule has 2 aromatic carbocycles. The summed E-state index contributed by atoms with van der Waals surface area (Å²) >= 11 is 0. The number of hydrogen-bond acceptors (Lipinski definition) is 1. The highest BCUT2D eigenvalue weighted by Crippen LogP contribution is 2.28. The first-order valence-electron chi connectivity index (χ1n) is 9.88. The molecule has 0 aromatic heterocycles. The van der Waals surface area contributed by atoms with Crippen LogP contribution >= 0.6 is 17.0 Å². The van der Waals surface area contributed by atoms with Crippen LogP contribution in [0.2, 0.25) is 0 Å². The minimum absolute atomic E-state index is 0. The second-order valence-electron chi connectivity index (χ2n) is 7.43. The van der Waals surface area contributed by atoms with E-state index < -0.39 is 0 Å². The average molecular weight is 430 g/mol. The van der Waals surface area contributed by atoms with Crippen LogP contribution in [0.3, 0.4) is 0 Å². The number of guanidine groups is 1. The van der Waals surface area contributed by atoms with Crippen LogP contribution in [0.1, 0.15) is 63.5 Å². The minimum Gasteiger partial charge on any atom is -0.311 e. The molecule has 0 amide bonds. The quantitative estimate of drug-likeness (QED) is 0.563. The molecule has 0 saturated carbocycles. The molecule has 1 aliphatic rings. The first kappa shape index (κ1) is 21.5. The van der Waals surface area contributed by atoms with Crippen molar-refractivity contribution in [3.8, 4) is 0 Å². The van der Waals surface area contributed by atoms with Crippen molar-refractivity contribution in [1.82, 2.24) is 0 Å². The zero-order valence-corrected chi connectivity index (χ0v) is 18.6. The second-order valence-corrected chi connectivity index (χ2v) is 7.43. The van der Waals surface area contributed by atoms with E-state index in [1.807, 2.05) is 0 Å². The molecule has 2 aromatic rings. The molecular weight excluding hydrogens is 398 g/mol. The lowest BCUT2D eigenvalue weighted by atomic mass is 9.98. The van der Waals surface area contributed by atoms with Crippen LogP contribution in [0.5, 0.6) is 0 Å². The van der Waals surface area contributed by atoms with Crippen LogP contribution in [0.15, 0.2) is 48.5 Å². The number of anilines is 2. The van der Waals surface area contributed by atoms with Crippen LogP contribution in [-0.4, -0.2) is 19.0 Å². The molecule has 1 heterocycles. The van der Waals surface area contributed by atoms with Crippen molar-refractivity contribution in [3.05, 3.63) is 59.7 Å². The number of hydrogen-bond donors (Lipinski definition) is 1. The number of halogens is 1. The van der Waals surface area contributed by atoms with Gasteiger partial charge in [-0.05, 0) is 60.1 Å². The lowest BCUT2D eigenvalue weighted by Gasteiger charge is -2.23. The van der Waals surface area contributed by atoms with Crippen LogP contribution in [0, 0.1) is 5.41 Å². The van der Waals surface area contributed by atoms with Crippen molar-refractivity contribution in [2.75, 3.05) is 22.9 Å². The SMILES string of the molecule is Br.CCC(C)c1ccc(N2CCN(c3ccc(C(C)CC)cc3)C2=N)cc1. The summed E-state index contributed by atoms with van der Waals surface area (Å²) in [6.07, 6.45) is 2.30. The molecule has 1 saturated heterocycles. The van der Waals surface area contributed by atoms with Gasteiger partial charge in [-0.3, -0.25) is 5.41 Å². The molecule has 2 unspecified atom stereocenters. The van der Waals surface area contributed by atoms with Gasteiger partial charge in [-0.1, -0.05) is 52.0 Å². The second kappa shape index (κ2) is 9.41. The lowest BCUT2D eigenvalue weighted by molar-refractivity contribution is 0.733. The molecule has 0 bridgehead atoms. The zero-order valence-electron chi connectivity index (χ0n) is 16.9. The van der Waals surface area contributed by atoms with E-state index >= 15 is 0 Å². The maximum Gasteiger partial charge on any atom is 0.202 e. The van der Waals surface area contributed by atoms with Crippen LogP contribution in [-0.2, 0) is 0 Å². The highest BCUT2D eigenvalue weighted by molar-refractivity contribution is 8.93. The maximum absolute atomic E-state index is 8.64. The summed E-state index contributed by atoms with van der Waals surface area (Å²) in [7, 11) is 0. The van der Waals surface area contributed by atoms with E-state index in [4.69, 9.17) is 5.41 Å². The van der Waals surface area contributed by atoms with Gasteiger partial charge in [0.2, 0.25) is 5.96 Å². The molecule has 0 aliphatic carbocycles. The van der Waals surface area contributed by atoms with Gasteiger partial charge in [-0.15, -0.1) is 17.0 Å². The Morgan fingerprint density at radius 1 is 0.741 bits per heavy atom. The normalized spacial score (nSPS) is 16.2. The van der Waals surface area contributed by atoms with Gasteiger partial charge in [0.25, 0.3) is 0 Å². The van der Waals surface area contributed by atoms with E-state index in [1.165, 1.54) is 11.1 Å². The van der Waals surface area contributed by atoms with E-state index in [0.29, 0.717) is 17.8 Å². The molecule has 3 nitrogen and oxygen atoms in total. The van der Waals surface area contributed by atoms with Gasteiger partial charge >= 0.3 is 0 Å². The fraction of sp³-hybridized carbons (Fsp3) is 0.435. The van der Waals surface area contributed by atoms with Gasteiger partial charge in [-0.25, -0.2) is 0 Å². The van der Waals surface area contributed by atoms with Gasteiger partial charge in [-0.2, -0.15) is 0 Å². The summed E-state index contributed by atoms with van der Waals surface area (Å²) in [6, 6.07) is 17.5. The summed E-state index contributed by atoms with van der Waals surface area (Å²) in [5.41, 5.74) is 4.97. The molecule has 27 heavy (non-hydrogen) atoms. The van der Waals surface area contributed by atoms with E-state index in [9.17, 15) is 0 Å². The van der Waals surface area contributed by atoms with Gasteiger partial charge in [0.15, 0.2) is 0 Å². The lowest BCUT2D eigenvalue weighted by Crippen LogP contribution is -2.32. The number of nitrogens with zero attached hydrogens (tertiary/aromatic N) is 2. The molecule has 0 radical (unpaired) electrons. The minimum atomic E-state index is 0. The average Bonchev–Trinajstić information content (AvgIpc) is 3.08. The van der Waals surface area contributed by atoms with Crippen molar-refractivity contribution in [1.29, 1.82) is 5.41 Å². The van der Waals surface area contributed by atoms with E-state index in [1.54, 1.807) is 0 Å². The Kier molecular flexibility index (Phi) is 7.49. The maximum atomic E-state index is 8.64. The fourth-order valence-electron chi connectivity index (χ4n) is 3.50. The Bertz CT molecular complexity index is 676. The predicted octanol–water partition coefficient (Wildman–Crippen LogP) is 6.55. The molecule has 1 aliphatic heterocycles. The molecular formula is C23H32BrN3. The Hall–Kier alpha value is -1.81. The first-order chi connectivity index (χ1) is 12.5. The van der Waals surface area contributed by atoms with Crippen molar-refractivity contribution >= 4 is 34.3 Å². The van der Waals surface area contributed by atoms with E-state index in [-0.39, 0.29) is 17.0 Å². The molecule has 4 heteroatoms. The summed E-state index contributed by atoms with van der Waals surface area (Å²) in [4.78, 5) is 4.20. The van der Waals surface area contributed by atoms with E-state index in [0.717, 1.165) is 37.3 Å². The number of benzene rings is 2. The van der Waals surface area contributed by atoms with Crippen molar-refractivity contribution < 1.29 is 0 Å². The van der Waals surface area contributed by atoms with Gasteiger partial charge in [0, 0.05) is 24.5 Å².